The van der Waals surface area contributed by atoms with Gasteiger partial charge in [0.15, 0.2) is 5.75 Å². The Morgan fingerprint density at radius 3 is 2.53 bits per heavy atom. The number of carbonyl (C=O) groups excluding carboxylic acids is 1. The molecule has 1 aliphatic carbocycles. The van der Waals surface area contributed by atoms with Crippen molar-refractivity contribution in [1.82, 2.24) is 9.80 Å². The van der Waals surface area contributed by atoms with Crippen LogP contribution in [0, 0.1) is 17.7 Å². The monoisotopic (exact) mass is 519 g/mol. The van der Waals surface area contributed by atoms with Crippen molar-refractivity contribution >= 4 is 21.6 Å². The van der Waals surface area contributed by atoms with Crippen molar-refractivity contribution in [2.24, 2.45) is 11.8 Å². The first-order valence-electron chi connectivity index (χ1n) is 12.3. The minimum absolute atomic E-state index is 0.0838. The molecule has 2 aromatic carbocycles. The molecule has 8 nitrogen and oxygen atoms in total. The molecule has 1 fully saturated rings. The fourth-order valence-electron chi connectivity index (χ4n) is 4.48. The van der Waals surface area contributed by atoms with Crippen molar-refractivity contribution in [1.29, 1.82) is 0 Å². The molecule has 0 bridgehead atoms. The molecular weight excluding hydrogens is 485 g/mol. The summed E-state index contributed by atoms with van der Waals surface area (Å²) in [5.74, 6) is -0.125. The summed E-state index contributed by atoms with van der Waals surface area (Å²) in [5.41, 5.74) is 0.349. The average Bonchev–Trinajstić information content (AvgIpc) is 3.65. The maximum Gasteiger partial charge on any atom is 0.262 e. The summed E-state index contributed by atoms with van der Waals surface area (Å²) in [6, 6.07) is 8.82. The second-order valence-electron chi connectivity index (χ2n) is 10.0. The molecular formula is C26H34FN3O5S. The highest BCUT2D eigenvalue weighted by Gasteiger charge is 2.35. The number of anilines is 1. The van der Waals surface area contributed by atoms with Gasteiger partial charge in [-0.05, 0) is 69.1 Å². The Hall–Kier alpha value is -2.69. The van der Waals surface area contributed by atoms with Gasteiger partial charge in [0.1, 0.15) is 11.9 Å². The molecule has 4 rings (SSSR count). The van der Waals surface area contributed by atoms with Gasteiger partial charge in [-0.2, -0.15) is 0 Å². The summed E-state index contributed by atoms with van der Waals surface area (Å²) in [6.45, 7) is 5.53. The number of sulfonamides is 1. The maximum atomic E-state index is 13.5. The van der Waals surface area contributed by atoms with Crippen LogP contribution in [0.25, 0.3) is 0 Å². The molecule has 0 aromatic heterocycles. The molecule has 1 heterocycles. The molecule has 3 atom stereocenters. The van der Waals surface area contributed by atoms with E-state index < -0.39 is 21.9 Å². The number of benzene rings is 2. The zero-order chi connectivity index (χ0) is 26.0. The molecule has 0 saturated heterocycles. The van der Waals surface area contributed by atoms with Crippen LogP contribution in [0.5, 0.6) is 5.75 Å². The van der Waals surface area contributed by atoms with Crippen molar-refractivity contribution < 1.29 is 27.4 Å². The van der Waals surface area contributed by atoms with Crippen LogP contribution in [0.1, 0.15) is 37.0 Å². The summed E-state index contributed by atoms with van der Waals surface area (Å²) < 4.78 is 48.5. The quantitative estimate of drug-likeness (QED) is 0.528. The molecule has 0 radical (unpaired) electrons. The number of amides is 1. The second-order valence-corrected chi connectivity index (χ2v) is 11.7. The number of hydrogen-bond acceptors (Lipinski definition) is 6. The van der Waals surface area contributed by atoms with Crippen molar-refractivity contribution in [3.63, 3.8) is 0 Å². The van der Waals surface area contributed by atoms with E-state index in [1.54, 1.807) is 30.0 Å². The van der Waals surface area contributed by atoms with Crippen LogP contribution in [0.3, 0.4) is 0 Å². The van der Waals surface area contributed by atoms with E-state index in [9.17, 15) is 22.7 Å². The zero-order valence-electron chi connectivity index (χ0n) is 20.9. The number of likely N-dealkylation sites (N-methyl/N-ethyl adjacent to an activating group) is 1. The summed E-state index contributed by atoms with van der Waals surface area (Å²) in [4.78, 5) is 17.3. The van der Waals surface area contributed by atoms with Crippen LogP contribution in [-0.2, 0) is 10.0 Å². The number of carbonyl (C=O) groups is 1. The Balaban J connectivity index is 1.72. The first kappa shape index (κ1) is 26.4. The number of para-hydroxylation sites is 1. The van der Waals surface area contributed by atoms with Crippen LogP contribution in [0.2, 0.25) is 0 Å². The van der Waals surface area contributed by atoms with Gasteiger partial charge in [0.2, 0.25) is 0 Å². The standard InChI is InChI=1S/C26H34FN3O5S/c1-17-13-30(18(2)16-31)26(32)22-5-4-6-23(28-36(33,34)21-11-9-20(27)10-12-21)25(22)35-24(17)15-29(3)14-19-7-8-19/h4-6,9-12,17-19,24,28,31H,7-8,13-16H2,1-3H3/t17-,18+,24+/m0/s1. The lowest BCUT2D eigenvalue weighted by molar-refractivity contribution is 0.0346. The number of halogens is 1. The predicted molar refractivity (Wildman–Crippen MR) is 135 cm³/mol. The minimum atomic E-state index is -4.07. The van der Waals surface area contributed by atoms with Gasteiger partial charge < -0.3 is 19.6 Å². The minimum Gasteiger partial charge on any atom is -0.486 e. The SMILES string of the molecule is C[C@H](CO)N1C[C@H](C)[C@@H](CN(C)CC2CC2)Oc2c(NS(=O)(=O)c3ccc(F)cc3)cccc2C1=O. The van der Waals surface area contributed by atoms with Crippen LogP contribution in [-0.4, -0.2) is 74.7 Å². The number of hydrogen-bond donors (Lipinski definition) is 2. The summed E-state index contributed by atoms with van der Waals surface area (Å²) in [7, 11) is -2.03. The fraction of sp³-hybridized carbons (Fsp3) is 0.500. The van der Waals surface area contributed by atoms with Gasteiger partial charge in [-0.1, -0.05) is 13.0 Å². The Kier molecular flexibility index (Phi) is 7.87. The number of aliphatic hydroxyl groups excluding tert-OH is 1. The highest BCUT2D eigenvalue weighted by atomic mass is 32.2. The maximum absolute atomic E-state index is 13.5. The van der Waals surface area contributed by atoms with Gasteiger partial charge >= 0.3 is 0 Å². The Labute approximate surface area is 212 Å². The van der Waals surface area contributed by atoms with Crippen LogP contribution in [0.15, 0.2) is 47.4 Å². The smallest absolute Gasteiger partial charge is 0.262 e. The van der Waals surface area contributed by atoms with Crippen molar-refractivity contribution in [3.8, 4) is 5.75 Å². The summed E-state index contributed by atoms with van der Waals surface area (Å²) in [5, 5.41) is 9.82. The van der Waals surface area contributed by atoms with Gasteiger partial charge in [-0.25, -0.2) is 12.8 Å². The third kappa shape index (κ3) is 5.99. The largest absolute Gasteiger partial charge is 0.486 e. The average molecular weight is 520 g/mol. The molecule has 2 N–H and O–H groups in total. The fourth-order valence-corrected chi connectivity index (χ4v) is 5.54. The molecule has 196 valence electrons. The van der Waals surface area contributed by atoms with Gasteiger partial charge in [0.25, 0.3) is 15.9 Å². The van der Waals surface area contributed by atoms with Crippen molar-refractivity contribution in [2.45, 2.75) is 43.7 Å². The number of nitrogens with zero attached hydrogens (tertiary/aromatic N) is 2. The highest BCUT2D eigenvalue weighted by molar-refractivity contribution is 7.92. The third-order valence-corrected chi connectivity index (χ3v) is 8.20. The Morgan fingerprint density at radius 2 is 1.89 bits per heavy atom. The summed E-state index contributed by atoms with van der Waals surface area (Å²) >= 11 is 0. The van der Waals surface area contributed by atoms with Crippen LogP contribution in [0.4, 0.5) is 10.1 Å². The molecule has 1 amide bonds. The topological polar surface area (TPSA) is 99.2 Å². The zero-order valence-corrected chi connectivity index (χ0v) is 21.7. The van der Waals surface area contributed by atoms with E-state index in [1.807, 2.05) is 14.0 Å². The van der Waals surface area contributed by atoms with Crippen molar-refractivity contribution in [2.75, 3.05) is 38.0 Å². The first-order chi connectivity index (χ1) is 17.1. The van der Waals surface area contributed by atoms with E-state index in [-0.39, 0.29) is 46.4 Å². The van der Waals surface area contributed by atoms with E-state index in [1.165, 1.54) is 25.0 Å². The Bertz CT molecular complexity index is 1190. The van der Waals surface area contributed by atoms with E-state index >= 15 is 0 Å². The molecule has 36 heavy (non-hydrogen) atoms. The third-order valence-electron chi connectivity index (χ3n) is 6.82. The molecule has 10 heteroatoms. The lowest BCUT2D eigenvalue weighted by atomic mass is 9.99. The number of ether oxygens (including phenoxy) is 1. The lowest BCUT2D eigenvalue weighted by Gasteiger charge is -2.38. The molecule has 2 aromatic rings. The van der Waals surface area contributed by atoms with E-state index in [0.717, 1.165) is 18.7 Å². The highest BCUT2D eigenvalue weighted by Crippen LogP contribution is 2.36. The molecule has 2 aliphatic rings. The van der Waals surface area contributed by atoms with Gasteiger partial charge in [0.05, 0.1) is 28.8 Å². The number of nitrogens with one attached hydrogen (secondary N) is 1. The van der Waals surface area contributed by atoms with Gasteiger partial charge in [-0.3, -0.25) is 9.52 Å². The van der Waals surface area contributed by atoms with Gasteiger partial charge in [0, 0.05) is 25.6 Å². The molecule has 1 aliphatic heterocycles. The van der Waals surface area contributed by atoms with E-state index in [0.29, 0.717) is 19.0 Å². The van der Waals surface area contributed by atoms with Crippen molar-refractivity contribution in [3.05, 3.63) is 53.8 Å². The first-order valence-corrected chi connectivity index (χ1v) is 13.8. The van der Waals surface area contributed by atoms with Gasteiger partial charge in [-0.15, -0.1) is 0 Å². The predicted octanol–water partition coefficient (Wildman–Crippen LogP) is 3.19. The second kappa shape index (κ2) is 10.7. The normalized spacial score (nSPS) is 21.4. The van der Waals surface area contributed by atoms with E-state index in [4.69, 9.17) is 4.74 Å². The number of aliphatic hydroxyl groups is 1. The molecule has 0 spiro atoms. The molecule has 1 saturated carbocycles. The Morgan fingerprint density at radius 1 is 1.19 bits per heavy atom. The lowest BCUT2D eigenvalue weighted by Crippen LogP contribution is -2.50. The van der Waals surface area contributed by atoms with E-state index in [2.05, 4.69) is 9.62 Å². The number of rotatable bonds is 9. The van der Waals surface area contributed by atoms with Crippen LogP contribution < -0.4 is 9.46 Å². The summed E-state index contributed by atoms with van der Waals surface area (Å²) in [6.07, 6.45) is 2.12. The molecule has 0 unspecified atom stereocenters. The van der Waals surface area contributed by atoms with Crippen LogP contribution >= 0.6 is 0 Å². The number of fused-ring (bicyclic) bond motifs is 1.